The Bertz CT molecular complexity index is 262. The molecule has 0 aliphatic rings. The molecule has 0 aromatic carbocycles. The SMILES string of the molecule is N=C(I)c1cnccc1Cl. The highest BCUT2D eigenvalue weighted by molar-refractivity contribution is 14.1. The molecular weight excluding hydrogens is 262 g/mol. The fourth-order valence-corrected chi connectivity index (χ4v) is 1.33. The second-order valence-corrected chi connectivity index (χ2v) is 3.16. The number of aromatic nitrogens is 1. The maximum absolute atomic E-state index is 7.24. The first-order chi connectivity index (χ1) is 4.72. The van der Waals surface area contributed by atoms with Gasteiger partial charge in [0.25, 0.3) is 0 Å². The minimum absolute atomic E-state index is 0.413. The molecule has 0 spiro atoms. The van der Waals surface area contributed by atoms with E-state index in [2.05, 4.69) is 4.98 Å². The van der Waals surface area contributed by atoms with Gasteiger partial charge in [-0.2, -0.15) is 0 Å². The van der Waals surface area contributed by atoms with Gasteiger partial charge >= 0.3 is 0 Å². The topological polar surface area (TPSA) is 36.7 Å². The molecule has 0 radical (unpaired) electrons. The lowest BCUT2D eigenvalue weighted by molar-refractivity contribution is 1.32. The summed E-state index contributed by atoms with van der Waals surface area (Å²) in [7, 11) is 0. The lowest BCUT2D eigenvalue weighted by atomic mass is 10.3. The van der Waals surface area contributed by atoms with E-state index in [4.69, 9.17) is 17.0 Å². The van der Waals surface area contributed by atoms with Crippen molar-refractivity contribution in [3.05, 3.63) is 29.0 Å². The van der Waals surface area contributed by atoms with Crippen LogP contribution in [0.4, 0.5) is 0 Å². The number of pyridine rings is 1. The number of hydrogen-bond donors (Lipinski definition) is 1. The van der Waals surface area contributed by atoms with Gasteiger partial charge < -0.3 is 0 Å². The molecule has 0 unspecified atom stereocenters. The molecule has 1 rings (SSSR count). The van der Waals surface area contributed by atoms with Gasteiger partial charge in [0.15, 0.2) is 0 Å². The fourth-order valence-electron chi connectivity index (χ4n) is 0.539. The average Bonchev–Trinajstić information content (AvgIpc) is 1.88. The standard InChI is InChI=1S/C6H4ClIN2/c7-5-1-2-10-3-4(5)6(8)9/h1-3,9H. The normalized spacial score (nSPS) is 9.40. The van der Waals surface area contributed by atoms with Gasteiger partial charge in [-0.1, -0.05) is 11.6 Å². The van der Waals surface area contributed by atoms with Crippen molar-refractivity contribution in [3.8, 4) is 0 Å². The third-order valence-electron chi connectivity index (χ3n) is 1.00. The molecule has 4 heteroatoms. The molecule has 0 amide bonds. The number of halogens is 2. The smallest absolute Gasteiger partial charge is 0.102 e. The van der Waals surface area contributed by atoms with Crippen molar-refractivity contribution < 1.29 is 0 Å². The maximum atomic E-state index is 7.24. The minimum Gasteiger partial charge on any atom is -0.294 e. The highest BCUT2D eigenvalue weighted by atomic mass is 127. The van der Waals surface area contributed by atoms with Crippen molar-refractivity contribution >= 4 is 37.9 Å². The van der Waals surface area contributed by atoms with E-state index >= 15 is 0 Å². The first-order valence-corrected chi connectivity index (χ1v) is 4.01. The third kappa shape index (κ3) is 1.67. The molecule has 1 N–H and O–H groups in total. The van der Waals surface area contributed by atoms with E-state index in [0.29, 0.717) is 14.3 Å². The van der Waals surface area contributed by atoms with Gasteiger partial charge in [-0.3, -0.25) is 10.4 Å². The van der Waals surface area contributed by atoms with Crippen LogP contribution in [-0.2, 0) is 0 Å². The fraction of sp³-hybridized carbons (Fsp3) is 0. The van der Waals surface area contributed by atoms with Crippen LogP contribution in [0, 0.1) is 5.41 Å². The molecule has 0 bridgehead atoms. The van der Waals surface area contributed by atoms with Crippen LogP contribution in [-0.4, -0.2) is 8.70 Å². The van der Waals surface area contributed by atoms with Crippen LogP contribution in [0.5, 0.6) is 0 Å². The van der Waals surface area contributed by atoms with Gasteiger partial charge in [0, 0.05) is 18.0 Å². The van der Waals surface area contributed by atoms with Crippen molar-refractivity contribution in [2.45, 2.75) is 0 Å². The lowest BCUT2D eigenvalue weighted by Gasteiger charge is -1.96. The number of hydrogen-bond acceptors (Lipinski definition) is 2. The summed E-state index contributed by atoms with van der Waals surface area (Å²) in [5, 5.41) is 7.82. The Morgan fingerprint density at radius 3 is 2.80 bits per heavy atom. The van der Waals surface area contributed by atoms with Crippen LogP contribution in [0.3, 0.4) is 0 Å². The molecule has 0 atom stereocenters. The van der Waals surface area contributed by atoms with Crippen molar-refractivity contribution in [2.75, 3.05) is 0 Å². The second-order valence-electron chi connectivity index (χ2n) is 1.67. The highest BCUT2D eigenvalue weighted by Crippen LogP contribution is 2.15. The molecular formula is C6H4ClIN2. The van der Waals surface area contributed by atoms with E-state index in [-0.39, 0.29) is 0 Å². The van der Waals surface area contributed by atoms with E-state index in [1.165, 1.54) is 0 Å². The summed E-state index contributed by atoms with van der Waals surface area (Å²) in [6, 6.07) is 1.67. The van der Waals surface area contributed by atoms with Crippen LogP contribution in [0.15, 0.2) is 18.5 Å². The van der Waals surface area contributed by atoms with Gasteiger partial charge in [-0.15, -0.1) is 0 Å². The molecule has 0 saturated heterocycles. The zero-order chi connectivity index (χ0) is 7.56. The first-order valence-electron chi connectivity index (χ1n) is 2.56. The van der Waals surface area contributed by atoms with Gasteiger partial charge in [0.1, 0.15) is 3.72 Å². The number of nitrogens with one attached hydrogen (secondary N) is 1. The summed E-state index contributed by atoms with van der Waals surface area (Å²) in [4.78, 5) is 3.84. The number of rotatable bonds is 1. The van der Waals surface area contributed by atoms with Crippen LogP contribution in [0.1, 0.15) is 5.56 Å². The Labute approximate surface area is 77.3 Å². The Morgan fingerprint density at radius 1 is 1.70 bits per heavy atom. The Balaban J connectivity index is 3.15. The van der Waals surface area contributed by atoms with E-state index in [9.17, 15) is 0 Å². The lowest BCUT2D eigenvalue weighted by Crippen LogP contribution is -1.89. The molecule has 1 aromatic rings. The maximum Gasteiger partial charge on any atom is 0.102 e. The quantitative estimate of drug-likeness (QED) is 0.615. The van der Waals surface area contributed by atoms with Crippen LogP contribution in [0.25, 0.3) is 0 Å². The Kier molecular flexibility index (Phi) is 2.62. The molecule has 10 heavy (non-hydrogen) atoms. The molecule has 52 valence electrons. The van der Waals surface area contributed by atoms with Crippen molar-refractivity contribution in [1.82, 2.24) is 4.98 Å². The monoisotopic (exact) mass is 266 g/mol. The molecule has 2 nitrogen and oxygen atoms in total. The zero-order valence-electron chi connectivity index (χ0n) is 4.94. The Hall–Kier alpha value is -0.160. The van der Waals surface area contributed by atoms with E-state index in [1.54, 1.807) is 18.5 Å². The average molecular weight is 266 g/mol. The van der Waals surface area contributed by atoms with Crippen LogP contribution in [0.2, 0.25) is 5.02 Å². The molecule has 0 saturated carbocycles. The number of nitrogens with zero attached hydrogens (tertiary/aromatic N) is 1. The summed E-state index contributed by atoms with van der Waals surface area (Å²) >= 11 is 7.63. The highest BCUT2D eigenvalue weighted by Gasteiger charge is 2.00. The van der Waals surface area contributed by atoms with Gasteiger partial charge in [0.2, 0.25) is 0 Å². The molecule has 0 fully saturated rings. The van der Waals surface area contributed by atoms with Crippen molar-refractivity contribution in [2.24, 2.45) is 0 Å². The summed E-state index contributed by atoms with van der Waals surface area (Å²) in [6.07, 6.45) is 3.18. The Morgan fingerprint density at radius 2 is 2.40 bits per heavy atom. The van der Waals surface area contributed by atoms with E-state index in [0.717, 1.165) is 0 Å². The van der Waals surface area contributed by atoms with Crippen molar-refractivity contribution in [1.29, 1.82) is 5.41 Å². The van der Waals surface area contributed by atoms with E-state index in [1.807, 2.05) is 22.6 Å². The van der Waals surface area contributed by atoms with Crippen LogP contribution < -0.4 is 0 Å². The summed E-state index contributed by atoms with van der Waals surface area (Å²) in [6.45, 7) is 0. The molecule has 0 aliphatic carbocycles. The molecule has 1 heterocycles. The largest absolute Gasteiger partial charge is 0.294 e. The predicted molar refractivity (Wildman–Crippen MR) is 50.1 cm³/mol. The zero-order valence-corrected chi connectivity index (χ0v) is 7.85. The predicted octanol–water partition coefficient (Wildman–Crippen LogP) is 2.50. The van der Waals surface area contributed by atoms with Gasteiger partial charge in [-0.05, 0) is 28.7 Å². The summed E-state index contributed by atoms with van der Waals surface area (Å²) in [5.74, 6) is 0. The van der Waals surface area contributed by atoms with E-state index < -0.39 is 0 Å². The molecule has 1 aromatic heterocycles. The second kappa shape index (κ2) is 3.30. The summed E-state index contributed by atoms with van der Waals surface area (Å²) in [5.41, 5.74) is 0.685. The van der Waals surface area contributed by atoms with Crippen LogP contribution >= 0.6 is 34.2 Å². The summed E-state index contributed by atoms with van der Waals surface area (Å²) < 4.78 is 0.413. The van der Waals surface area contributed by atoms with Gasteiger partial charge in [0.05, 0.1) is 5.02 Å². The van der Waals surface area contributed by atoms with Crippen molar-refractivity contribution in [3.63, 3.8) is 0 Å². The minimum atomic E-state index is 0.413. The molecule has 0 aliphatic heterocycles. The third-order valence-corrected chi connectivity index (χ3v) is 1.92. The van der Waals surface area contributed by atoms with Gasteiger partial charge in [-0.25, -0.2) is 0 Å². The first kappa shape index (κ1) is 7.94.